The number of aliphatic hydroxyl groups excluding tert-OH is 1. The highest BCUT2D eigenvalue weighted by Crippen LogP contribution is 2.22. The third-order valence-electron chi connectivity index (χ3n) is 4.06. The third kappa shape index (κ3) is 3.46. The van der Waals surface area contributed by atoms with Gasteiger partial charge in [-0.3, -0.25) is 4.79 Å². The van der Waals surface area contributed by atoms with E-state index in [1.165, 1.54) is 0 Å². The molecule has 2 aromatic carbocycles. The Hall–Kier alpha value is -1.88. The van der Waals surface area contributed by atoms with Crippen molar-refractivity contribution in [3.63, 3.8) is 0 Å². The maximum absolute atomic E-state index is 12.7. The van der Waals surface area contributed by atoms with E-state index in [0.29, 0.717) is 40.1 Å². The number of hydrogen-bond donors (Lipinski definition) is 2. The summed E-state index contributed by atoms with van der Waals surface area (Å²) in [6.45, 7) is 5.40. The summed E-state index contributed by atoms with van der Waals surface area (Å²) in [6.07, 6.45) is 0. The summed E-state index contributed by atoms with van der Waals surface area (Å²) in [5.74, 6) is 0. The van der Waals surface area contributed by atoms with Gasteiger partial charge in [0.05, 0.1) is 10.8 Å². The number of rotatable bonds is 5. The Morgan fingerprint density at radius 1 is 1.12 bits per heavy atom. The Morgan fingerprint density at radius 3 is 2.50 bits per heavy atom. The summed E-state index contributed by atoms with van der Waals surface area (Å²) in [6, 6.07) is 10.7. The molecule has 0 saturated heterocycles. The van der Waals surface area contributed by atoms with Gasteiger partial charge in [-0.1, -0.05) is 31.5 Å². The van der Waals surface area contributed by atoms with Crippen LogP contribution in [-0.2, 0) is 6.54 Å². The summed E-state index contributed by atoms with van der Waals surface area (Å²) in [7, 11) is 0. The van der Waals surface area contributed by atoms with E-state index < -0.39 is 0 Å². The van der Waals surface area contributed by atoms with Crippen LogP contribution in [0.5, 0.6) is 0 Å². The van der Waals surface area contributed by atoms with Gasteiger partial charge in [0.2, 0.25) is 5.43 Å². The van der Waals surface area contributed by atoms with Crippen molar-refractivity contribution in [3.8, 4) is 0 Å². The van der Waals surface area contributed by atoms with E-state index in [1.54, 1.807) is 18.2 Å². The molecule has 0 fully saturated rings. The highest BCUT2D eigenvalue weighted by molar-refractivity contribution is 6.31. The molecule has 0 aliphatic rings. The largest absolute Gasteiger partial charge is 0.456 e. The Morgan fingerprint density at radius 2 is 1.79 bits per heavy atom. The van der Waals surface area contributed by atoms with E-state index >= 15 is 0 Å². The molecule has 126 valence electrons. The van der Waals surface area contributed by atoms with Gasteiger partial charge in [0.15, 0.2) is 0 Å². The molecule has 1 aromatic heterocycles. The molecule has 3 rings (SSSR count). The monoisotopic (exact) mass is 345 g/mol. The lowest BCUT2D eigenvalue weighted by molar-refractivity contribution is 0.156. The zero-order valence-electron chi connectivity index (χ0n) is 13.7. The van der Waals surface area contributed by atoms with Crippen LogP contribution < -0.4 is 10.7 Å². The number of halogens is 1. The number of hydrogen-bond acceptors (Lipinski definition) is 4. The van der Waals surface area contributed by atoms with Crippen molar-refractivity contribution in [2.75, 3.05) is 13.2 Å². The van der Waals surface area contributed by atoms with Crippen LogP contribution in [0.1, 0.15) is 19.4 Å². The minimum atomic E-state index is -0.178. The lowest BCUT2D eigenvalue weighted by atomic mass is 9.95. The van der Waals surface area contributed by atoms with Gasteiger partial charge in [-0.15, -0.1) is 0 Å². The number of nitrogens with one attached hydrogen (secondary N) is 1. The summed E-state index contributed by atoms with van der Waals surface area (Å²) in [5, 5.41) is 14.1. The van der Waals surface area contributed by atoms with Crippen molar-refractivity contribution < 1.29 is 9.52 Å². The average Bonchev–Trinajstić information content (AvgIpc) is 2.56. The maximum Gasteiger partial charge on any atom is 0.200 e. The van der Waals surface area contributed by atoms with Gasteiger partial charge in [-0.2, -0.15) is 0 Å². The molecule has 0 saturated carbocycles. The van der Waals surface area contributed by atoms with Crippen LogP contribution in [0.15, 0.2) is 45.6 Å². The first-order valence-electron chi connectivity index (χ1n) is 7.86. The molecule has 0 aliphatic carbocycles. The molecule has 5 heteroatoms. The van der Waals surface area contributed by atoms with Crippen molar-refractivity contribution in [2.24, 2.45) is 5.41 Å². The molecule has 0 amide bonds. The number of fused-ring (bicyclic) bond motifs is 2. The number of aliphatic hydroxyl groups is 1. The van der Waals surface area contributed by atoms with Crippen LogP contribution in [0, 0.1) is 5.41 Å². The Balaban J connectivity index is 1.94. The van der Waals surface area contributed by atoms with Crippen molar-refractivity contribution in [1.29, 1.82) is 0 Å². The van der Waals surface area contributed by atoms with Gasteiger partial charge >= 0.3 is 0 Å². The van der Waals surface area contributed by atoms with E-state index in [4.69, 9.17) is 16.0 Å². The Labute approximate surface area is 145 Å². The summed E-state index contributed by atoms with van der Waals surface area (Å²) < 4.78 is 5.80. The molecule has 2 N–H and O–H groups in total. The van der Waals surface area contributed by atoms with Crippen LogP contribution in [0.4, 0.5) is 0 Å². The van der Waals surface area contributed by atoms with Crippen LogP contribution in [-0.4, -0.2) is 18.3 Å². The smallest absolute Gasteiger partial charge is 0.200 e. The van der Waals surface area contributed by atoms with Crippen LogP contribution in [0.2, 0.25) is 5.02 Å². The minimum absolute atomic E-state index is 0.0775. The molecule has 24 heavy (non-hydrogen) atoms. The third-order valence-corrected chi connectivity index (χ3v) is 4.29. The van der Waals surface area contributed by atoms with Crippen LogP contribution in [0.3, 0.4) is 0 Å². The van der Waals surface area contributed by atoms with Crippen molar-refractivity contribution in [2.45, 2.75) is 20.4 Å². The van der Waals surface area contributed by atoms with Gasteiger partial charge in [-0.05, 0) is 35.9 Å². The molecule has 0 spiro atoms. The topological polar surface area (TPSA) is 62.5 Å². The summed E-state index contributed by atoms with van der Waals surface area (Å²) in [5.41, 5.74) is 1.83. The Bertz CT molecular complexity index is 946. The molecule has 0 bridgehead atoms. The standard InChI is InChI=1S/C19H20ClNO3/c1-19(2,11-22)10-21-9-12-3-5-16-14(7-12)18(23)15-8-13(20)4-6-17(15)24-16/h3-8,21-22H,9-11H2,1-2H3. The molecule has 4 nitrogen and oxygen atoms in total. The minimum Gasteiger partial charge on any atom is -0.456 e. The first-order valence-corrected chi connectivity index (χ1v) is 8.24. The zero-order chi connectivity index (χ0) is 17.3. The zero-order valence-corrected chi connectivity index (χ0v) is 14.5. The number of benzene rings is 2. The maximum atomic E-state index is 12.7. The normalized spacial score (nSPS) is 12.2. The molecule has 0 unspecified atom stereocenters. The molecular formula is C19H20ClNO3. The highest BCUT2D eigenvalue weighted by Gasteiger charge is 2.15. The summed E-state index contributed by atoms with van der Waals surface area (Å²) >= 11 is 5.99. The van der Waals surface area contributed by atoms with Crippen LogP contribution >= 0.6 is 11.6 Å². The lowest BCUT2D eigenvalue weighted by Crippen LogP contribution is -2.31. The van der Waals surface area contributed by atoms with Gasteiger partial charge in [0.1, 0.15) is 11.2 Å². The van der Waals surface area contributed by atoms with E-state index in [-0.39, 0.29) is 17.5 Å². The van der Waals surface area contributed by atoms with E-state index in [9.17, 15) is 9.90 Å². The van der Waals surface area contributed by atoms with Gasteiger partial charge < -0.3 is 14.8 Å². The lowest BCUT2D eigenvalue weighted by Gasteiger charge is -2.21. The predicted octanol–water partition coefficient (Wildman–Crippen LogP) is 3.71. The highest BCUT2D eigenvalue weighted by atomic mass is 35.5. The van der Waals surface area contributed by atoms with Crippen molar-refractivity contribution in [3.05, 3.63) is 57.2 Å². The Kier molecular flexibility index (Phi) is 4.63. The SMILES string of the molecule is CC(C)(CO)CNCc1ccc2oc3ccc(Cl)cc3c(=O)c2c1. The van der Waals surface area contributed by atoms with Crippen LogP contribution in [0.25, 0.3) is 21.9 Å². The van der Waals surface area contributed by atoms with Gasteiger partial charge in [0, 0.05) is 30.1 Å². The molecule has 3 aromatic rings. The second-order valence-electron chi connectivity index (χ2n) is 6.83. The van der Waals surface area contributed by atoms with E-state index in [2.05, 4.69) is 5.32 Å². The quantitative estimate of drug-likeness (QED) is 0.692. The van der Waals surface area contributed by atoms with Gasteiger partial charge in [0.25, 0.3) is 0 Å². The molecule has 0 radical (unpaired) electrons. The van der Waals surface area contributed by atoms with Crippen molar-refractivity contribution in [1.82, 2.24) is 5.32 Å². The fourth-order valence-corrected chi connectivity index (χ4v) is 2.76. The van der Waals surface area contributed by atoms with Gasteiger partial charge in [-0.25, -0.2) is 0 Å². The van der Waals surface area contributed by atoms with E-state index in [1.807, 2.05) is 32.0 Å². The molecule has 1 heterocycles. The second-order valence-corrected chi connectivity index (χ2v) is 7.26. The van der Waals surface area contributed by atoms with E-state index in [0.717, 1.165) is 5.56 Å². The second kappa shape index (κ2) is 6.55. The molecule has 0 atom stereocenters. The predicted molar refractivity (Wildman–Crippen MR) is 97.6 cm³/mol. The fourth-order valence-electron chi connectivity index (χ4n) is 2.59. The molecule has 0 aliphatic heterocycles. The molecular weight excluding hydrogens is 326 g/mol. The average molecular weight is 346 g/mol. The fraction of sp³-hybridized carbons (Fsp3) is 0.316. The van der Waals surface area contributed by atoms with Crippen molar-refractivity contribution >= 4 is 33.5 Å². The summed E-state index contributed by atoms with van der Waals surface area (Å²) in [4.78, 5) is 12.7. The first-order chi connectivity index (χ1) is 11.4. The first kappa shape index (κ1) is 17.0.